The Morgan fingerprint density at radius 1 is 1.25 bits per heavy atom. The van der Waals surface area contributed by atoms with Crippen LogP contribution >= 0.6 is 46.3 Å². The number of aromatic nitrogens is 1. The molecule has 0 bridgehead atoms. The minimum absolute atomic E-state index is 0.138. The minimum Gasteiger partial charge on any atom is -0.384 e. The molecule has 2 aromatic carbocycles. The number of carbonyl (C=O) groups is 1. The van der Waals surface area contributed by atoms with Gasteiger partial charge in [-0.05, 0) is 30.3 Å². The van der Waals surface area contributed by atoms with E-state index in [4.69, 9.17) is 33.7 Å². The highest BCUT2D eigenvalue weighted by molar-refractivity contribution is 7.99. The topological polar surface area (TPSA) is 77.2 Å². The number of ether oxygens (including phenoxy) is 1. The highest BCUT2D eigenvalue weighted by atomic mass is 35.5. The van der Waals surface area contributed by atoms with Crippen molar-refractivity contribution in [3.63, 3.8) is 0 Å². The molecule has 0 fully saturated rings. The second-order valence-electron chi connectivity index (χ2n) is 5.65. The summed E-state index contributed by atoms with van der Waals surface area (Å²) < 4.78 is 5.07. The van der Waals surface area contributed by atoms with Gasteiger partial charge in [0.05, 0.1) is 22.2 Å². The van der Waals surface area contributed by atoms with Crippen LogP contribution in [-0.2, 0) is 4.74 Å². The third kappa shape index (κ3) is 4.98. The van der Waals surface area contributed by atoms with Crippen molar-refractivity contribution in [2.45, 2.75) is 4.90 Å². The molecule has 0 saturated carbocycles. The maximum absolute atomic E-state index is 12.9. The SMILES string of the molecule is COCCSc1cccc(Nc2nc(N)c(C(=O)c3c(Cl)cccc3Cl)s2)c1. The quantitative estimate of drug-likeness (QED) is 0.257. The summed E-state index contributed by atoms with van der Waals surface area (Å²) >= 11 is 15.1. The van der Waals surface area contributed by atoms with Crippen molar-refractivity contribution in [2.75, 3.05) is 30.5 Å². The Labute approximate surface area is 181 Å². The van der Waals surface area contributed by atoms with E-state index in [9.17, 15) is 4.79 Å². The molecule has 0 atom stereocenters. The zero-order valence-electron chi connectivity index (χ0n) is 14.9. The number of halogens is 2. The number of ketones is 1. The summed E-state index contributed by atoms with van der Waals surface area (Å²) in [6.07, 6.45) is 0. The van der Waals surface area contributed by atoms with Crippen molar-refractivity contribution < 1.29 is 9.53 Å². The molecule has 0 radical (unpaired) electrons. The van der Waals surface area contributed by atoms with Gasteiger partial charge in [-0.2, -0.15) is 0 Å². The molecule has 1 aromatic heterocycles. The lowest BCUT2D eigenvalue weighted by Gasteiger charge is -2.06. The smallest absolute Gasteiger partial charge is 0.209 e. The summed E-state index contributed by atoms with van der Waals surface area (Å²) in [5.41, 5.74) is 7.06. The number of benzene rings is 2. The molecule has 0 saturated heterocycles. The van der Waals surface area contributed by atoms with Gasteiger partial charge in [0.15, 0.2) is 5.13 Å². The molecule has 0 aliphatic rings. The summed E-state index contributed by atoms with van der Waals surface area (Å²) in [4.78, 5) is 18.5. The summed E-state index contributed by atoms with van der Waals surface area (Å²) in [6, 6.07) is 12.8. The van der Waals surface area contributed by atoms with E-state index in [1.807, 2.05) is 24.3 Å². The van der Waals surface area contributed by atoms with Crippen molar-refractivity contribution in [2.24, 2.45) is 0 Å². The Bertz CT molecular complexity index is 975. The molecule has 0 spiro atoms. The molecule has 3 rings (SSSR count). The van der Waals surface area contributed by atoms with Crippen LogP contribution in [0, 0.1) is 0 Å². The second kappa shape index (κ2) is 9.62. The van der Waals surface area contributed by atoms with Gasteiger partial charge in [0.2, 0.25) is 5.78 Å². The van der Waals surface area contributed by atoms with Gasteiger partial charge < -0.3 is 15.8 Å². The van der Waals surface area contributed by atoms with Crippen LogP contribution in [0.4, 0.5) is 16.6 Å². The number of hydrogen-bond acceptors (Lipinski definition) is 7. The maximum Gasteiger partial charge on any atom is 0.209 e. The lowest BCUT2D eigenvalue weighted by Crippen LogP contribution is -2.04. The number of hydrogen-bond donors (Lipinski definition) is 2. The monoisotopic (exact) mass is 453 g/mol. The van der Waals surface area contributed by atoms with Crippen molar-refractivity contribution in [1.82, 2.24) is 4.98 Å². The van der Waals surface area contributed by atoms with Crippen molar-refractivity contribution in [1.29, 1.82) is 0 Å². The van der Waals surface area contributed by atoms with Gasteiger partial charge in [-0.1, -0.05) is 46.7 Å². The maximum atomic E-state index is 12.9. The molecule has 0 unspecified atom stereocenters. The van der Waals surface area contributed by atoms with Crippen molar-refractivity contribution in [3.8, 4) is 0 Å². The number of nitrogens with one attached hydrogen (secondary N) is 1. The van der Waals surface area contributed by atoms with Gasteiger partial charge in [0.1, 0.15) is 10.7 Å². The number of rotatable bonds is 8. The number of carbonyl (C=O) groups excluding carboxylic acids is 1. The predicted molar refractivity (Wildman–Crippen MR) is 119 cm³/mol. The van der Waals surface area contributed by atoms with Gasteiger partial charge in [0, 0.05) is 23.4 Å². The van der Waals surface area contributed by atoms with Crippen molar-refractivity contribution >= 4 is 68.7 Å². The molecule has 0 aliphatic heterocycles. The minimum atomic E-state index is -0.345. The van der Waals surface area contributed by atoms with Crippen LogP contribution in [0.15, 0.2) is 47.4 Å². The molecule has 146 valence electrons. The van der Waals surface area contributed by atoms with Crippen molar-refractivity contribution in [3.05, 3.63) is 63.0 Å². The zero-order chi connectivity index (χ0) is 20.1. The predicted octanol–water partition coefficient (Wildman–Crippen LogP) is 5.75. The van der Waals surface area contributed by atoms with E-state index in [1.54, 1.807) is 37.1 Å². The first-order chi connectivity index (χ1) is 13.5. The van der Waals surface area contributed by atoms with E-state index < -0.39 is 0 Å². The average Bonchev–Trinajstić information content (AvgIpc) is 3.02. The highest BCUT2D eigenvalue weighted by Crippen LogP contribution is 2.34. The first-order valence-electron chi connectivity index (χ1n) is 8.23. The third-order valence-electron chi connectivity index (χ3n) is 3.69. The molecule has 5 nitrogen and oxygen atoms in total. The lowest BCUT2D eigenvalue weighted by atomic mass is 10.1. The van der Waals surface area contributed by atoms with Gasteiger partial charge >= 0.3 is 0 Å². The third-order valence-corrected chi connectivity index (χ3v) is 6.26. The normalized spacial score (nSPS) is 10.8. The first-order valence-corrected chi connectivity index (χ1v) is 10.8. The summed E-state index contributed by atoms with van der Waals surface area (Å²) in [7, 11) is 1.68. The molecular formula is C19H17Cl2N3O2S2. The number of anilines is 3. The average molecular weight is 454 g/mol. The van der Waals surface area contributed by atoms with E-state index in [0.29, 0.717) is 16.6 Å². The molecule has 3 aromatic rings. The number of thioether (sulfide) groups is 1. The molecule has 0 amide bonds. The molecular weight excluding hydrogens is 437 g/mol. The van der Waals surface area contributed by atoms with E-state index >= 15 is 0 Å². The number of methoxy groups -OCH3 is 1. The number of nitrogen functional groups attached to an aromatic ring is 1. The molecule has 1 heterocycles. The van der Waals surface area contributed by atoms with Crippen LogP contribution in [0.1, 0.15) is 15.2 Å². The Hall–Kier alpha value is -1.77. The molecule has 3 N–H and O–H groups in total. The second-order valence-corrected chi connectivity index (χ2v) is 8.64. The van der Waals surface area contributed by atoms with E-state index in [1.165, 1.54) is 0 Å². The highest BCUT2D eigenvalue weighted by Gasteiger charge is 2.22. The van der Waals surface area contributed by atoms with Crippen LogP contribution in [0.3, 0.4) is 0 Å². The first kappa shape index (κ1) is 21.0. The van der Waals surface area contributed by atoms with Crippen LogP contribution in [0.5, 0.6) is 0 Å². The van der Waals surface area contributed by atoms with Crippen LogP contribution in [-0.4, -0.2) is 30.2 Å². The molecule has 0 aliphatic carbocycles. The fourth-order valence-corrected chi connectivity index (χ4v) is 4.70. The van der Waals surface area contributed by atoms with Crippen LogP contribution in [0.2, 0.25) is 10.0 Å². The fourth-order valence-electron chi connectivity index (χ4n) is 2.41. The van der Waals surface area contributed by atoms with E-state index in [2.05, 4.69) is 10.3 Å². The van der Waals surface area contributed by atoms with Gasteiger partial charge in [0.25, 0.3) is 0 Å². The number of nitrogens with zero attached hydrogens (tertiary/aromatic N) is 1. The Morgan fingerprint density at radius 3 is 2.68 bits per heavy atom. The molecule has 28 heavy (non-hydrogen) atoms. The molecule has 9 heteroatoms. The lowest BCUT2D eigenvalue weighted by molar-refractivity contribution is 0.104. The summed E-state index contributed by atoms with van der Waals surface area (Å²) in [6.45, 7) is 0.682. The Kier molecular flexibility index (Phi) is 7.20. The van der Waals surface area contributed by atoms with Crippen LogP contribution < -0.4 is 11.1 Å². The van der Waals surface area contributed by atoms with Gasteiger partial charge in [-0.25, -0.2) is 4.98 Å². The Morgan fingerprint density at radius 2 is 1.96 bits per heavy atom. The number of nitrogens with two attached hydrogens (primary N) is 1. The number of thiazole rings is 1. The van der Waals surface area contributed by atoms with E-state index in [0.717, 1.165) is 27.7 Å². The zero-order valence-corrected chi connectivity index (χ0v) is 18.0. The van der Waals surface area contributed by atoms with Crippen LogP contribution in [0.25, 0.3) is 0 Å². The van der Waals surface area contributed by atoms with E-state index in [-0.39, 0.29) is 27.2 Å². The standard InChI is InChI=1S/C19H17Cl2N3O2S2/c1-26-8-9-27-12-5-2-4-11(10-12)23-19-24-18(22)17(28-19)16(25)15-13(20)6-3-7-14(15)21/h2-7,10H,8-9,22H2,1H3,(H,23,24). The summed E-state index contributed by atoms with van der Waals surface area (Å²) in [5.74, 6) is 0.656. The Balaban J connectivity index is 1.79. The largest absolute Gasteiger partial charge is 0.384 e. The van der Waals surface area contributed by atoms with Gasteiger partial charge in [-0.15, -0.1) is 11.8 Å². The fraction of sp³-hybridized carbons (Fsp3) is 0.158. The summed E-state index contributed by atoms with van der Waals surface area (Å²) in [5, 5.41) is 4.27. The van der Waals surface area contributed by atoms with Gasteiger partial charge in [-0.3, -0.25) is 4.79 Å².